The summed E-state index contributed by atoms with van der Waals surface area (Å²) in [4.78, 5) is 13.6. The van der Waals surface area contributed by atoms with Crippen molar-refractivity contribution in [3.63, 3.8) is 0 Å². The van der Waals surface area contributed by atoms with Gasteiger partial charge in [-0.05, 0) is 17.7 Å². The molecule has 0 saturated carbocycles. The molecule has 0 aromatic heterocycles. The molecule has 1 heterocycles. The summed E-state index contributed by atoms with van der Waals surface area (Å²) in [6.45, 7) is 3.18. The highest BCUT2D eigenvalue weighted by atomic mass is 16.6. The Kier molecular flexibility index (Phi) is 5.06. The van der Waals surface area contributed by atoms with Crippen LogP contribution in [0.1, 0.15) is 5.56 Å². The van der Waals surface area contributed by atoms with E-state index in [4.69, 9.17) is 14.2 Å². The molecule has 1 fully saturated rings. The molecule has 1 amide bonds. The van der Waals surface area contributed by atoms with Crippen molar-refractivity contribution < 1.29 is 19.0 Å². The number of piperazine rings is 1. The zero-order chi connectivity index (χ0) is 14.4. The van der Waals surface area contributed by atoms with Crippen molar-refractivity contribution in [3.8, 4) is 11.5 Å². The molecule has 0 radical (unpaired) electrons. The van der Waals surface area contributed by atoms with E-state index in [0.29, 0.717) is 24.6 Å². The Labute approximate surface area is 118 Å². The summed E-state index contributed by atoms with van der Waals surface area (Å²) in [5.74, 6) is 1.36. The maximum Gasteiger partial charge on any atom is 0.410 e. The highest BCUT2D eigenvalue weighted by Gasteiger charge is 2.17. The summed E-state index contributed by atoms with van der Waals surface area (Å²) >= 11 is 0. The van der Waals surface area contributed by atoms with Crippen molar-refractivity contribution in [1.82, 2.24) is 10.2 Å². The van der Waals surface area contributed by atoms with E-state index < -0.39 is 0 Å². The molecule has 1 N–H and O–H groups in total. The normalized spacial score (nSPS) is 14.8. The van der Waals surface area contributed by atoms with Crippen LogP contribution < -0.4 is 14.8 Å². The third kappa shape index (κ3) is 3.77. The number of nitrogens with zero attached hydrogens (tertiary/aromatic N) is 1. The molecule has 20 heavy (non-hydrogen) atoms. The molecule has 1 aromatic rings. The van der Waals surface area contributed by atoms with Crippen LogP contribution in [-0.4, -0.2) is 51.4 Å². The van der Waals surface area contributed by atoms with Crippen LogP contribution >= 0.6 is 0 Å². The number of carbonyl (C=O) groups excluding carboxylic acids is 1. The Hall–Kier alpha value is -1.95. The van der Waals surface area contributed by atoms with E-state index in [1.165, 1.54) is 0 Å². The first-order chi connectivity index (χ1) is 9.72. The third-order valence-corrected chi connectivity index (χ3v) is 3.15. The Morgan fingerprint density at radius 3 is 2.30 bits per heavy atom. The van der Waals surface area contributed by atoms with Crippen LogP contribution in [0.5, 0.6) is 11.5 Å². The standard InChI is InChI=1S/C14H20N2O4/c1-18-12-7-11(8-13(9-12)19-2)10-20-14(17)16-5-3-15-4-6-16/h7-9,15H,3-6,10H2,1-2H3. The highest BCUT2D eigenvalue weighted by Crippen LogP contribution is 2.23. The predicted molar refractivity (Wildman–Crippen MR) is 74.2 cm³/mol. The van der Waals surface area contributed by atoms with E-state index in [0.717, 1.165) is 18.7 Å². The number of amides is 1. The van der Waals surface area contributed by atoms with Crippen LogP contribution in [0.2, 0.25) is 0 Å². The van der Waals surface area contributed by atoms with E-state index in [2.05, 4.69) is 5.32 Å². The molecule has 2 rings (SSSR count). The first-order valence-electron chi connectivity index (χ1n) is 6.57. The van der Waals surface area contributed by atoms with E-state index in [-0.39, 0.29) is 12.7 Å². The lowest BCUT2D eigenvalue weighted by Gasteiger charge is -2.26. The van der Waals surface area contributed by atoms with Crippen LogP contribution in [0, 0.1) is 0 Å². The summed E-state index contributed by atoms with van der Waals surface area (Å²) < 4.78 is 15.7. The Morgan fingerprint density at radius 2 is 1.75 bits per heavy atom. The minimum Gasteiger partial charge on any atom is -0.497 e. The zero-order valence-electron chi connectivity index (χ0n) is 11.8. The van der Waals surface area contributed by atoms with E-state index >= 15 is 0 Å². The first-order valence-corrected chi connectivity index (χ1v) is 6.57. The van der Waals surface area contributed by atoms with Crippen molar-refractivity contribution in [2.45, 2.75) is 6.61 Å². The number of rotatable bonds is 4. The van der Waals surface area contributed by atoms with Crippen LogP contribution in [0.3, 0.4) is 0 Å². The third-order valence-electron chi connectivity index (χ3n) is 3.15. The van der Waals surface area contributed by atoms with Crippen molar-refractivity contribution in [2.24, 2.45) is 0 Å². The van der Waals surface area contributed by atoms with Gasteiger partial charge in [0.15, 0.2) is 0 Å². The van der Waals surface area contributed by atoms with Crippen LogP contribution in [0.15, 0.2) is 18.2 Å². The topological polar surface area (TPSA) is 60.0 Å². The highest BCUT2D eigenvalue weighted by molar-refractivity contribution is 5.67. The zero-order valence-corrected chi connectivity index (χ0v) is 11.8. The summed E-state index contributed by atoms with van der Waals surface area (Å²) in [5, 5.41) is 3.19. The van der Waals surface area contributed by atoms with Gasteiger partial charge in [-0.15, -0.1) is 0 Å². The molecule has 0 unspecified atom stereocenters. The number of hydrogen-bond donors (Lipinski definition) is 1. The van der Waals surface area contributed by atoms with E-state index in [1.807, 2.05) is 12.1 Å². The van der Waals surface area contributed by atoms with Crippen molar-refractivity contribution in [1.29, 1.82) is 0 Å². The number of methoxy groups -OCH3 is 2. The molecule has 1 aromatic carbocycles. The number of hydrogen-bond acceptors (Lipinski definition) is 5. The van der Waals surface area contributed by atoms with Gasteiger partial charge < -0.3 is 24.4 Å². The van der Waals surface area contributed by atoms with Gasteiger partial charge in [-0.25, -0.2) is 4.79 Å². The molecule has 0 aliphatic carbocycles. The molecule has 6 heteroatoms. The predicted octanol–water partition coefficient (Wildman–Crippen LogP) is 1.25. The second kappa shape index (κ2) is 7.00. The van der Waals surface area contributed by atoms with Gasteiger partial charge in [0.05, 0.1) is 14.2 Å². The Morgan fingerprint density at radius 1 is 1.15 bits per heavy atom. The number of benzene rings is 1. The van der Waals surface area contributed by atoms with Crippen LogP contribution in [0.4, 0.5) is 4.79 Å². The molecule has 6 nitrogen and oxygen atoms in total. The van der Waals surface area contributed by atoms with Gasteiger partial charge in [-0.3, -0.25) is 0 Å². The van der Waals surface area contributed by atoms with Gasteiger partial charge in [0.1, 0.15) is 18.1 Å². The quantitative estimate of drug-likeness (QED) is 0.899. The summed E-state index contributed by atoms with van der Waals surface area (Å²) in [6, 6.07) is 5.43. The largest absolute Gasteiger partial charge is 0.497 e. The molecule has 0 spiro atoms. The van der Waals surface area contributed by atoms with E-state index in [9.17, 15) is 4.79 Å². The minimum absolute atomic E-state index is 0.205. The number of carbonyl (C=O) groups is 1. The average molecular weight is 280 g/mol. The summed E-state index contributed by atoms with van der Waals surface area (Å²) in [5.41, 5.74) is 0.838. The monoisotopic (exact) mass is 280 g/mol. The molecule has 1 aliphatic heterocycles. The average Bonchev–Trinajstić information content (AvgIpc) is 2.53. The second-order valence-corrected chi connectivity index (χ2v) is 4.51. The fourth-order valence-corrected chi connectivity index (χ4v) is 2.03. The molecule has 0 bridgehead atoms. The van der Waals surface area contributed by atoms with Gasteiger partial charge in [-0.1, -0.05) is 0 Å². The SMILES string of the molecule is COc1cc(COC(=O)N2CCNCC2)cc(OC)c1. The molecule has 1 saturated heterocycles. The van der Waals surface area contributed by atoms with Crippen LogP contribution in [-0.2, 0) is 11.3 Å². The molecular formula is C14H20N2O4. The van der Waals surface area contributed by atoms with Gasteiger partial charge in [0.2, 0.25) is 0 Å². The van der Waals surface area contributed by atoms with Crippen molar-refractivity contribution >= 4 is 6.09 Å². The fraction of sp³-hybridized carbons (Fsp3) is 0.500. The van der Waals surface area contributed by atoms with Gasteiger partial charge in [-0.2, -0.15) is 0 Å². The van der Waals surface area contributed by atoms with E-state index in [1.54, 1.807) is 25.2 Å². The van der Waals surface area contributed by atoms with Crippen molar-refractivity contribution in [2.75, 3.05) is 40.4 Å². The Bertz CT molecular complexity index is 436. The summed E-state index contributed by atoms with van der Waals surface area (Å²) in [6.07, 6.45) is -0.284. The number of nitrogens with one attached hydrogen (secondary N) is 1. The lowest BCUT2D eigenvalue weighted by atomic mass is 10.2. The lowest BCUT2D eigenvalue weighted by molar-refractivity contribution is 0.0917. The van der Waals surface area contributed by atoms with Crippen molar-refractivity contribution in [3.05, 3.63) is 23.8 Å². The Balaban J connectivity index is 1.94. The first kappa shape index (κ1) is 14.5. The maximum absolute atomic E-state index is 11.9. The van der Waals surface area contributed by atoms with Gasteiger partial charge in [0.25, 0.3) is 0 Å². The van der Waals surface area contributed by atoms with Crippen LogP contribution in [0.25, 0.3) is 0 Å². The lowest BCUT2D eigenvalue weighted by Crippen LogP contribution is -2.46. The molecular weight excluding hydrogens is 260 g/mol. The second-order valence-electron chi connectivity index (χ2n) is 4.51. The molecule has 0 atom stereocenters. The minimum atomic E-state index is -0.284. The van der Waals surface area contributed by atoms with Gasteiger partial charge >= 0.3 is 6.09 Å². The maximum atomic E-state index is 11.9. The fourth-order valence-electron chi connectivity index (χ4n) is 2.03. The molecule has 1 aliphatic rings. The smallest absolute Gasteiger partial charge is 0.410 e. The van der Waals surface area contributed by atoms with Gasteiger partial charge in [0, 0.05) is 32.2 Å². The molecule has 110 valence electrons. The summed E-state index contributed by atoms with van der Waals surface area (Å²) in [7, 11) is 3.18. The number of ether oxygens (including phenoxy) is 3.